The summed E-state index contributed by atoms with van der Waals surface area (Å²) < 4.78 is 4.93. The first-order valence-electron chi connectivity index (χ1n) is 7.51. The van der Waals surface area contributed by atoms with Gasteiger partial charge in [-0.2, -0.15) is 0 Å². The molecule has 0 fully saturated rings. The number of nitrogens with one attached hydrogen (secondary N) is 1. The predicted octanol–water partition coefficient (Wildman–Crippen LogP) is 4.49. The molecule has 1 N–H and O–H groups in total. The number of hydrogen-bond acceptors (Lipinski definition) is 4. The lowest BCUT2D eigenvalue weighted by Gasteiger charge is -2.09. The number of carbonyl (C=O) groups excluding carboxylic acids is 2. The van der Waals surface area contributed by atoms with Gasteiger partial charge in [-0.15, -0.1) is 11.3 Å². The van der Waals surface area contributed by atoms with Crippen LogP contribution in [-0.4, -0.2) is 19.0 Å². The highest BCUT2D eigenvalue weighted by atomic mass is 32.1. The van der Waals surface area contributed by atoms with E-state index in [1.54, 1.807) is 0 Å². The maximum atomic E-state index is 12.3. The van der Waals surface area contributed by atoms with Gasteiger partial charge in [0.15, 0.2) is 0 Å². The summed E-state index contributed by atoms with van der Waals surface area (Å²) in [6, 6.07) is 9.66. The number of carbonyl (C=O) groups is 2. The number of aryl methyl sites for hydroxylation is 1. The van der Waals surface area contributed by atoms with Crippen LogP contribution in [0.4, 0.5) is 5.00 Å². The van der Waals surface area contributed by atoms with E-state index in [2.05, 4.69) is 5.32 Å². The van der Waals surface area contributed by atoms with E-state index in [1.165, 1.54) is 18.4 Å². The molecule has 0 unspecified atom stereocenters. The molecule has 0 aliphatic heterocycles. The SMILES string of the molecule is COC(=O)c1c(NC(=O)CC(C)C)sc(C)c1-c1ccccc1. The zero-order valence-electron chi connectivity index (χ0n) is 13.8. The van der Waals surface area contributed by atoms with Crippen molar-refractivity contribution in [2.24, 2.45) is 5.92 Å². The third-order valence-corrected chi connectivity index (χ3v) is 4.40. The fraction of sp³-hybridized carbons (Fsp3) is 0.333. The van der Waals surface area contributed by atoms with Crippen LogP contribution in [-0.2, 0) is 9.53 Å². The Hall–Kier alpha value is -2.14. The zero-order chi connectivity index (χ0) is 17.0. The molecule has 122 valence electrons. The molecule has 1 heterocycles. The summed E-state index contributed by atoms with van der Waals surface area (Å²) in [5.41, 5.74) is 2.19. The molecular formula is C18H21NO3S. The number of amides is 1. The van der Waals surface area contributed by atoms with Gasteiger partial charge in [0.05, 0.1) is 7.11 Å². The van der Waals surface area contributed by atoms with E-state index in [0.717, 1.165) is 16.0 Å². The van der Waals surface area contributed by atoms with Crippen LogP contribution in [0.3, 0.4) is 0 Å². The first kappa shape index (κ1) is 17.2. The molecule has 0 aliphatic rings. The van der Waals surface area contributed by atoms with Crippen LogP contribution in [0, 0.1) is 12.8 Å². The van der Waals surface area contributed by atoms with Gasteiger partial charge in [0.2, 0.25) is 5.91 Å². The fourth-order valence-electron chi connectivity index (χ4n) is 2.43. The Balaban J connectivity index is 2.48. The van der Waals surface area contributed by atoms with Crippen molar-refractivity contribution in [1.82, 2.24) is 0 Å². The van der Waals surface area contributed by atoms with Crippen molar-refractivity contribution < 1.29 is 14.3 Å². The lowest BCUT2D eigenvalue weighted by atomic mass is 10.0. The average Bonchev–Trinajstić information content (AvgIpc) is 2.82. The zero-order valence-corrected chi connectivity index (χ0v) is 14.6. The van der Waals surface area contributed by atoms with Gasteiger partial charge in [0.25, 0.3) is 0 Å². The summed E-state index contributed by atoms with van der Waals surface area (Å²) >= 11 is 1.40. The molecule has 0 atom stereocenters. The van der Waals surface area contributed by atoms with E-state index >= 15 is 0 Å². The molecule has 1 aromatic heterocycles. The molecule has 0 bridgehead atoms. The van der Waals surface area contributed by atoms with E-state index in [4.69, 9.17) is 4.74 Å². The fourth-order valence-corrected chi connectivity index (χ4v) is 3.51. The molecule has 4 nitrogen and oxygen atoms in total. The van der Waals surface area contributed by atoms with E-state index in [1.807, 2.05) is 51.1 Å². The Labute approximate surface area is 140 Å². The largest absolute Gasteiger partial charge is 0.465 e. The highest BCUT2D eigenvalue weighted by Crippen LogP contribution is 2.40. The van der Waals surface area contributed by atoms with Crippen molar-refractivity contribution in [3.8, 4) is 11.1 Å². The number of ether oxygens (including phenoxy) is 1. The van der Waals surface area contributed by atoms with Gasteiger partial charge < -0.3 is 10.1 Å². The van der Waals surface area contributed by atoms with Gasteiger partial charge in [-0.05, 0) is 18.4 Å². The number of anilines is 1. The van der Waals surface area contributed by atoms with Gasteiger partial charge in [0, 0.05) is 16.9 Å². The minimum Gasteiger partial charge on any atom is -0.465 e. The van der Waals surface area contributed by atoms with Crippen LogP contribution in [0.2, 0.25) is 0 Å². The highest BCUT2D eigenvalue weighted by Gasteiger charge is 2.25. The van der Waals surface area contributed by atoms with Crippen molar-refractivity contribution in [3.05, 3.63) is 40.8 Å². The number of thiophene rings is 1. The molecule has 5 heteroatoms. The second-order valence-corrected chi connectivity index (χ2v) is 6.97. The lowest BCUT2D eigenvalue weighted by Crippen LogP contribution is -2.15. The number of rotatable bonds is 5. The molecule has 0 saturated heterocycles. The minimum atomic E-state index is -0.437. The molecule has 1 aromatic carbocycles. The van der Waals surface area contributed by atoms with Crippen LogP contribution in [0.1, 0.15) is 35.5 Å². The van der Waals surface area contributed by atoms with Crippen molar-refractivity contribution in [2.45, 2.75) is 27.2 Å². The molecule has 0 saturated carbocycles. The number of esters is 1. The molecule has 0 radical (unpaired) electrons. The third kappa shape index (κ3) is 3.99. The quantitative estimate of drug-likeness (QED) is 0.821. The molecule has 2 rings (SSSR count). The second-order valence-electron chi connectivity index (χ2n) is 5.74. The van der Waals surface area contributed by atoms with Gasteiger partial charge in [-0.25, -0.2) is 4.79 Å². The Morgan fingerprint density at radius 1 is 1.22 bits per heavy atom. The first-order chi connectivity index (χ1) is 10.9. The molecular weight excluding hydrogens is 310 g/mol. The van der Waals surface area contributed by atoms with Gasteiger partial charge >= 0.3 is 5.97 Å². The Morgan fingerprint density at radius 2 is 1.87 bits per heavy atom. The summed E-state index contributed by atoms with van der Waals surface area (Å²) in [5.74, 6) is -0.273. The van der Waals surface area contributed by atoms with E-state index in [9.17, 15) is 9.59 Å². The normalized spacial score (nSPS) is 10.7. The van der Waals surface area contributed by atoms with Gasteiger partial charge in [-0.3, -0.25) is 4.79 Å². The van der Waals surface area contributed by atoms with Crippen molar-refractivity contribution >= 4 is 28.2 Å². The van der Waals surface area contributed by atoms with Crippen molar-refractivity contribution in [1.29, 1.82) is 0 Å². The van der Waals surface area contributed by atoms with Crippen molar-refractivity contribution in [2.75, 3.05) is 12.4 Å². The maximum Gasteiger partial charge on any atom is 0.341 e. The minimum absolute atomic E-state index is 0.0917. The van der Waals surface area contributed by atoms with E-state index in [-0.39, 0.29) is 11.8 Å². The Kier molecular flexibility index (Phi) is 5.55. The average molecular weight is 331 g/mol. The lowest BCUT2D eigenvalue weighted by molar-refractivity contribution is -0.116. The van der Waals surface area contributed by atoms with E-state index < -0.39 is 5.97 Å². The van der Waals surface area contributed by atoms with E-state index in [0.29, 0.717) is 17.0 Å². The monoisotopic (exact) mass is 331 g/mol. The van der Waals surface area contributed by atoms with Crippen LogP contribution in [0.15, 0.2) is 30.3 Å². The van der Waals surface area contributed by atoms with Crippen LogP contribution in [0.5, 0.6) is 0 Å². The smallest absolute Gasteiger partial charge is 0.341 e. The summed E-state index contributed by atoms with van der Waals surface area (Å²) in [7, 11) is 1.35. The molecule has 1 amide bonds. The van der Waals surface area contributed by atoms with Crippen LogP contribution >= 0.6 is 11.3 Å². The summed E-state index contributed by atoms with van der Waals surface area (Å²) in [5, 5.41) is 3.42. The summed E-state index contributed by atoms with van der Waals surface area (Å²) in [6.45, 7) is 5.91. The Bertz CT molecular complexity index is 705. The van der Waals surface area contributed by atoms with Crippen molar-refractivity contribution in [3.63, 3.8) is 0 Å². The number of benzene rings is 1. The predicted molar refractivity (Wildman–Crippen MR) is 93.9 cm³/mol. The summed E-state index contributed by atoms with van der Waals surface area (Å²) in [4.78, 5) is 25.3. The maximum absolute atomic E-state index is 12.3. The standard InChI is InChI=1S/C18H21NO3S/c1-11(2)10-14(20)19-17-16(18(21)22-4)15(12(3)23-17)13-8-6-5-7-9-13/h5-9,11H,10H2,1-4H3,(H,19,20). The molecule has 2 aromatic rings. The first-order valence-corrected chi connectivity index (χ1v) is 8.32. The number of hydrogen-bond donors (Lipinski definition) is 1. The second kappa shape index (κ2) is 7.42. The third-order valence-electron chi connectivity index (χ3n) is 3.38. The number of methoxy groups -OCH3 is 1. The summed E-state index contributed by atoms with van der Waals surface area (Å²) in [6.07, 6.45) is 0.415. The van der Waals surface area contributed by atoms with Crippen LogP contribution < -0.4 is 5.32 Å². The van der Waals surface area contributed by atoms with Gasteiger partial charge in [-0.1, -0.05) is 44.2 Å². The molecule has 23 heavy (non-hydrogen) atoms. The van der Waals surface area contributed by atoms with Gasteiger partial charge in [0.1, 0.15) is 10.6 Å². The molecule has 0 spiro atoms. The highest BCUT2D eigenvalue weighted by molar-refractivity contribution is 7.17. The van der Waals surface area contributed by atoms with Crippen LogP contribution in [0.25, 0.3) is 11.1 Å². The Morgan fingerprint density at radius 3 is 2.43 bits per heavy atom. The molecule has 0 aliphatic carbocycles. The topological polar surface area (TPSA) is 55.4 Å².